The van der Waals surface area contributed by atoms with Gasteiger partial charge in [0.1, 0.15) is 5.82 Å². The molecule has 2 aliphatic rings. The fourth-order valence-corrected chi connectivity index (χ4v) is 6.97. The van der Waals surface area contributed by atoms with Crippen LogP contribution in [0.25, 0.3) is 0 Å². The first-order valence-corrected chi connectivity index (χ1v) is 14.9. The molecular weight excluding hydrogens is 534 g/mol. The van der Waals surface area contributed by atoms with Gasteiger partial charge in [-0.3, -0.25) is 9.69 Å². The van der Waals surface area contributed by atoms with Gasteiger partial charge in [0, 0.05) is 39.0 Å². The Labute approximate surface area is 246 Å². The number of benzene rings is 3. The van der Waals surface area contributed by atoms with Gasteiger partial charge in [-0.05, 0) is 91.3 Å². The number of carbonyl (C=O) groups is 1. The number of allylic oxidation sites excluding steroid dienone is 3. The molecule has 0 amide bonds. The van der Waals surface area contributed by atoms with Gasteiger partial charge in [-0.25, -0.2) is 0 Å². The summed E-state index contributed by atoms with van der Waals surface area (Å²) in [6.45, 7) is 10.5. The fourth-order valence-electron chi connectivity index (χ4n) is 5.88. The summed E-state index contributed by atoms with van der Waals surface area (Å²) in [5.74, 6) is 0.733. The van der Waals surface area contributed by atoms with E-state index in [4.69, 9.17) is 17.3 Å². The number of hydrogen-bond donors (Lipinski definition) is 1. The minimum atomic E-state index is -0.504. The minimum absolute atomic E-state index is 0.0750. The SMILES string of the molecule is Cc1ccc(SCc2cc(C3C(C#N)=C(N)N(c4ccc(Cl)cc4)C4=C3C(=O)CC(C)(C)C4)c(C)cc2C)cc1. The van der Waals surface area contributed by atoms with Crippen molar-refractivity contribution in [1.29, 1.82) is 5.26 Å². The van der Waals surface area contributed by atoms with Gasteiger partial charge in [-0.2, -0.15) is 5.26 Å². The van der Waals surface area contributed by atoms with Crippen LogP contribution >= 0.6 is 23.4 Å². The molecule has 0 aromatic heterocycles. The molecule has 0 saturated carbocycles. The average molecular weight is 568 g/mol. The normalized spacial score (nSPS) is 18.6. The van der Waals surface area contributed by atoms with E-state index in [9.17, 15) is 10.1 Å². The van der Waals surface area contributed by atoms with Gasteiger partial charge in [0.05, 0.1) is 17.6 Å². The molecule has 6 heteroatoms. The van der Waals surface area contributed by atoms with E-state index < -0.39 is 5.92 Å². The first kappa shape index (κ1) is 28.1. The number of nitrogens with two attached hydrogens (primary N) is 1. The largest absolute Gasteiger partial charge is 0.384 e. The fraction of sp³-hybridized carbons (Fsp3) is 0.294. The number of anilines is 1. The van der Waals surface area contributed by atoms with Crippen LogP contribution in [0.5, 0.6) is 0 Å². The third-order valence-electron chi connectivity index (χ3n) is 7.92. The number of Topliss-reactive ketones (excluding diaryl/α,β-unsaturated/α-hetero) is 1. The van der Waals surface area contributed by atoms with Crippen molar-refractivity contribution in [3.05, 3.63) is 116 Å². The highest BCUT2D eigenvalue weighted by Crippen LogP contribution is 2.51. The molecular formula is C34H34ClN3OS. The van der Waals surface area contributed by atoms with Gasteiger partial charge in [-0.15, -0.1) is 11.8 Å². The van der Waals surface area contributed by atoms with E-state index in [0.717, 1.165) is 28.3 Å². The number of nitriles is 1. The van der Waals surface area contributed by atoms with Gasteiger partial charge in [0.2, 0.25) is 0 Å². The quantitative estimate of drug-likeness (QED) is 0.313. The van der Waals surface area contributed by atoms with Gasteiger partial charge < -0.3 is 5.73 Å². The van der Waals surface area contributed by atoms with E-state index in [1.807, 2.05) is 17.0 Å². The highest BCUT2D eigenvalue weighted by molar-refractivity contribution is 7.98. The zero-order valence-corrected chi connectivity index (χ0v) is 25.2. The van der Waals surface area contributed by atoms with E-state index >= 15 is 0 Å². The molecule has 0 fully saturated rings. The summed E-state index contributed by atoms with van der Waals surface area (Å²) in [7, 11) is 0. The highest BCUT2D eigenvalue weighted by atomic mass is 35.5. The molecule has 0 saturated heterocycles. The molecule has 0 spiro atoms. The number of aryl methyl sites for hydroxylation is 3. The Morgan fingerprint density at radius 1 is 1.02 bits per heavy atom. The molecule has 204 valence electrons. The maximum atomic E-state index is 13.9. The zero-order valence-electron chi connectivity index (χ0n) is 23.6. The Morgan fingerprint density at radius 3 is 2.35 bits per heavy atom. The van der Waals surface area contributed by atoms with Crippen LogP contribution in [-0.2, 0) is 10.5 Å². The number of rotatable bonds is 5. The highest BCUT2D eigenvalue weighted by Gasteiger charge is 2.45. The lowest BCUT2D eigenvalue weighted by atomic mass is 9.68. The molecule has 1 aliphatic carbocycles. The lowest BCUT2D eigenvalue weighted by molar-refractivity contribution is -0.118. The van der Waals surface area contributed by atoms with Crippen LogP contribution in [0.15, 0.2) is 88.2 Å². The number of halogens is 1. The second-order valence-electron chi connectivity index (χ2n) is 11.7. The summed E-state index contributed by atoms with van der Waals surface area (Å²) in [6, 6.07) is 22.7. The second-order valence-corrected chi connectivity index (χ2v) is 13.2. The second kappa shape index (κ2) is 10.8. The lowest BCUT2D eigenvalue weighted by Crippen LogP contribution is -2.42. The first-order valence-electron chi connectivity index (χ1n) is 13.5. The molecule has 0 bridgehead atoms. The molecule has 0 radical (unpaired) electrons. The van der Waals surface area contributed by atoms with E-state index in [1.54, 1.807) is 23.9 Å². The molecule has 1 atom stereocenters. The predicted octanol–water partition coefficient (Wildman–Crippen LogP) is 8.50. The predicted molar refractivity (Wildman–Crippen MR) is 165 cm³/mol. The molecule has 3 aromatic rings. The van der Waals surface area contributed by atoms with Crippen LogP contribution in [0.2, 0.25) is 5.02 Å². The van der Waals surface area contributed by atoms with Crippen molar-refractivity contribution < 1.29 is 4.79 Å². The standard InChI is InChI=1S/C34H34ClN3OS/c1-20-6-12-26(13-7-20)40-19-23-15-27(22(3)14-21(23)2)31-28(18-36)33(37)38(25-10-8-24(35)9-11-25)29-16-34(4,5)17-30(39)32(29)31/h6-15,31H,16-17,19,37H2,1-5H3. The van der Waals surface area contributed by atoms with Crippen LogP contribution in [0.1, 0.15) is 60.4 Å². The summed E-state index contributed by atoms with van der Waals surface area (Å²) in [6.07, 6.45) is 1.10. The van der Waals surface area contributed by atoms with Crippen LogP contribution < -0.4 is 10.6 Å². The van der Waals surface area contributed by atoms with Gasteiger partial charge in [0.15, 0.2) is 5.78 Å². The Hall–Kier alpha value is -3.46. The summed E-state index contributed by atoms with van der Waals surface area (Å²) in [4.78, 5) is 17.1. The first-order chi connectivity index (χ1) is 19.0. The number of thioether (sulfide) groups is 1. The van der Waals surface area contributed by atoms with Gasteiger partial charge in [-0.1, -0.05) is 55.3 Å². The summed E-state index contributed by atoms with van der Waals surface area (Å²) in [5, 5.41) is 11.1. The van der Waals surface area contributed by atoms with Crippen molar-refractivity contribution in [2.24, 2.45) is 11.1 Å². The molecule has 5 rings (SSSR count). The van der Waals surface area contributed by atoms with E-state index in [0.29, 0.717) is 34.8 Å². The van der Waals surface area contributed by atoms with Crippen molar-refractivity contribution in [1.82, 2.24) is 0 Å². The van der Waals surface area contributed by atoms with Crippen molar-refractivity contribution in [3.8, 4) is 6.07 Å². The maximum absolute atomic E-state index is 13.9. The number of carbonyl (C=O) groups excluding carboxylic acids is 1. The molecule has 1 heterocycles. The number of nitrogens with zero attached hydrogens (tertiary/aromatic N) is 2. The summed E-state index contributed by atoms with van der Waals surface area (Å²) < 4.78 is 0. The molecule has 4 nitrogen and oxygen atoms in total. The Morgan fingerprint density at radius 2 is 1.70 bits per heavy atom. The van der Waals surface area contributed by atoms with Crippen molar-refractivity contribution in [2.45, 2.75) is 64.0 Å². The Kier molecular flexibility index (Phi) is 7.61. The zero-order chi connectivity index (χ0) is 28.8. The molecule has 1 aliphatic heterocycles. The monoisotopic (exact) mass is 567 g/mol. The Bertz CT molecular complexity index is 1590. The number of hydrogen-bond acceptors (Lipinski definition) is 5. The van der Waals surface area contributed by atoms with Crippen molar-refractivity contribution in [3.63, 3.8) is 0 Å². The molecule has 3 aromatic carbocycles. The Balaban J connectivity index is 1.65. The topological polar surface area (TPSA) is 70.1 Å². The van der Waals surface area contributed by atoms with E-state index in [2.05, 4.69) is 77.1 Å². The van der Waals surface area contributed by atoms with Crippen LogP contribution in [0.3, 0.4) is 0 Å². The summed E-state index contributed by atoms with van der Waals surface area (Å²) >= 11 is 7.97. The van der Waals surface area contributed by atoms with E-state index in [1.165, 1.54) is 21.6 Å². The van der Waals surface area contributed by atoms with Crippen molar-refractivity contribution in [2.75, 3.05) is 4.90 Å². The van der Waals surface area contributed by atoms with Gasteiger partial charge >= 0.3 is 0 Å². The minimum Gasteiger partial charge on any atom is -0.384 e. The smallest absolute Gasteiger partial charge is 0.162 e. The lowest BCUT2D eigenvalue weighted by Gasteiger charge is -2.44. The average Bonchev–Trinajstić information content (AvgIpc) is 2.89. The maximum Gasteiger partial charge on any atom is 0.162 e. The van der Waals surface area contributed by atoms with Crippen molar-refractivity contribution >= 4 is 34.8 Å². The van der Waals surface area contributed by atoms with Crippen LogP contribution in [0.4, 0.5) is 5.69 Å². The number of ketones is 1. The van der Waals surface area contributed by atoms with E-state index in [-0.39, 0.29) is 11.2 Å². The molecule has 2 N–H and O–H groups in total. The third kappa shape index (κ3) is 5.31. The van der Waals surface area contributed by atoms with Gasteiger partial charge in [0.25, 0.3) is 0 Å². The third-order valence-corrected chi connectivity index (χ3v) is 9.23. The molecule has 40 heavy (non-hydrogen) atoms. The summed E-state index contributed by atoms with van der Waals surface area (Å²) in [5.41, 5.74) is 15.0. The molecule has 1 unspecified atom stereocenters. The van der Waals surface area contributed by atoms with Crippen LogP contribution in [-0.4, -0.2) is 5.78 Å². The van der Waals surface area contributed by atoms with Crippen LogP contribution in [0, 0.1) is 37.5 Å².